The van der Waals surface area contributed by atoms with Crippen LogP contribution in [-0.4, -0.2) is 18.3 Å². The Morgan fingerprint density at radius 2 is 1.94 bits per heavy atom. The van der Waals surface area contributed by atoms with Crippen molar-refractivity contribution >= 4 is 17.5 Å². The van der Waals surface area contributed by atoms with Gasteiger partial charge in [-0.3, -0.25) is 4.79 Å². The number of rotatable bonds is 5. The summed E-state index contributed by atoms with van der Waals surface area (Å²) in [5.74, 6) is 2.08. The predicted molar refractivity (Wildman–Crippen MR) is 65.2 cm³/mol. The molecule has 0 aromatic carbocycles. The molecule has 0 aliphatic carbocycles. The van der Waals surface area contributed by atoms with Crippen molar-refractivity contribution < 1.29 is 9.21 Å². The standard InChI is InChI=1S/C12H18ClNO2/c1-8-9(2)16-10(3)11(8)12(15)14-7-5-4-6-13/h4-7H2,1-3H3,(H,14,15). The van der Waals surface area contributed by atoms with Gasteiger partial charge in [0.25, 0.3) is 5.91 Å². The maximum atomic E-state index is 11.9. The highest BCUT2D eigenvalue weighted by Gasteiger charge is 2.17. The van der Waals surface area contributed by atoms with E-state index < -0.39 is 0 Å². The summed E-state index contributed by atoms with van der Waals surface area (Å²) in [6, 6.07) is 0. The molecular weight excluding hydrogens is 226 g/mol. The molecule has 1 aromatic rings. The molecule has 0 saturated carbocycles. The zero-order valence-corrected chi connectivity index (χ0v) is 10.8. The summed E-state index contributed by atoms with van der Waals surface area (Å²) in [6.07, 6.45) is 1.83. The van der Waals surface area contributed by atoms with Gasteiger partial charge in [-0.15, -0.1) is 11.6 Å². The van der Waals surface area contributed by atoms with Gasteiger partial charge in [0.05, 0.1) is 5.56 Å². The molecule has 0 unspecified atom stereocenters. The zero-order valence-electron chi connectivity index (χ0n) is 10.0. The summed E-state index contributed by atoms with van der Waals surface area (Å²) in [5, 5.41) is 2.87. The van der Waals surface area contributed by atoms with E-state index in [-0.39, 0.29) is 5.91 Å². The van der Waals surface area contributed by atoms with Crippen molar-refractivity contribution in [2.45, 2.75) is 33.6 Å². The molecule has 0 spiro atoms. The Labute approximate surface area is 101 Å². The van der Waals surface area contributed by atoms with Crippen molar-refractivity contribution in [2.75, 3.05) is 12.4 Å². The fraction of sp³-hybridized carbons (Fsp3) is 0.583. The maximum absolute atomic E-state index is 11.9. The molecule has 0 radical (unpaired) electrons. The SMILES string of the molecule is Cc1oc(C)c(C(=O)NCCCCCl)c1C. The van der Waals surface area contributed by atoms with Gasteiger partial charge in [-0.2, -0.15) is 0 Å². The molecule has 0 atom stereocenters. The van der Waals surface area contributed by atoms with Gasteiger partial charge in [-0.25, -0.2) is 0 Å². The molecule has 4 heteroatoms. The quantitative estimate of drug-likeness (QED) is 0.638. The number of alkyl halides is 1. The molecule has 1 N–H and O–H groups in total. The molecule has 16 heavy (non-hydrogen) atoms. The third-order valence-electron chi connectivity index (χ3n) is 2.63. The summed E-state index contributed by atoms with van der Waals surface area (Å²) >= 11 is 5.56. The lowest BCUT2D eigenvalue weighted by atomic mass is 10.1. The fourth-order valence-electron chi connectivity index (χ4n) is 1.64. The highest BCUT2D eigenvalue weighted by molar-refractivity contribution is 6.17. The van der Waals surface area contributed by atoms with E-state index in [9.17, 15) is 4.79 Å². The van der Waals surface area contributed by atoms with E-state index in [1.807, 2.05) is 20.8 Å². The topological polar surface area (TPSA) is 42.2 Å². The van der Waals surface area contributed by atoms with Crippen LogP contribution in [0, 0.1) is 20.8 Å². The van der Waals surface area contributed by atoms with Gasteiger partial charge in [0.15, 0.2) is 0 Å². The van der Waals surface area contributed by atoms with Crippen LogP contribution >= 0.6 is 11.6 Å². The summed E-state index contributed by atoms with van der Waals surface area (Å²) in [4.78, 5) is 11.9. The second kappa shape index (κ2) is 5.94. The minimum absolute atomic E-state index is 0.0542. The molecule has 0 aliphatic rings. The molecule has 0 fully saturated rings. The lowest BCUT2D eigenvalue weighted by Gasteiger charge is -2.04. The lowest BCUT2D eigenvalue weighted by molar-refractivity contribution is 0.0951. The van der Waals surface area contributed by atoms with E-state index in [4.69, 9.17) is 16.0 Å². The summed E-state index contributed by atoms with van der Waals surface area (Å²) < 4.78 is 5.41. The number of nitrogens with one attached hydrogen (secondary N) is 1. The summed E-state index contributed by atoms with van der Waals surface area (Å²) in [6.45, 7) is 6.24. The van der Waals surface area contributed by atoms with E-state index in [1.54, 1.807) is 0 Å². The molecule has 1 heterocycles. The normalized spacial score (nSPS) is 10.5. The Balaban J connectivity index is 2.59. The highest BCUT2D eigenvalue weighted by atomic mass is 35.5. The first-order valence-electron chi connectivity index (χ1n) is 5.48. The second-order valence-corrected chi connectivity index (χ2v) is 4.24. The van der Waals surface area contributed by atoms with Gasteiger partial charge in [0, 0.05) is 18.0 Å². The average molecular weight is 244 g/mol. The molecule has 1 rings (SSSR count). The minimum Gasteiger partial charge on any atom is -0.466 e. The van der Waals surface area contributed by atoms with Gasteiger partial charge in [0.2, 0.25) is 0 Å². The smallest absolute Gasteiger partial charge is 0.255 e. The first kappa shape index (κ1) is 13.1. The zero-order chi connectivity index (χ0) is 12.1. The van der Waals surface area contributed by atoms with Crippen LogP contribution in [0.3, 0.4) is 0 Å². The first-order valence-corrected chi connectivity index (χ1v) is 6.02. The third-order valence-corrected chi connectivity index (χ3v) is 2.90. The van der Waals surface area contributed by atoms with Gasteiger partial charge < -0.3 is 9.73 Å². The minimum atomic E-state index is -0.0542. The molecule has 1 amide bonds. The van der Waals surface area contributed by atoms with Crippen LogP contribution in [0.2, 0.25) is 0 Å². The maximum Gasteiger partial charge on any atom is 0.255 e. The monoisotopic (exact) mass is 243 g/mol. The highest BCUT2D eigenvalue weighted by Crippen LogP contribution is 2.20. The lowest BCUT2D eigenvalue weighted by Crippen LogP contribution is -2.25. The van der Waals surface area contributed by atoms with Crippen LogP contribution in [-0.2, 0) is 0 Å². The molecule has 0 bridgehead atoms. The Kier molecular flexibility index (Phi) is 4.87. The Hall–Kier alpha value is -0.960. The number of hydrogen-bond acceptors (Lipinski definition) is 2. The molecule has 90 valence electrons. The number of unbranched alkanes of at least 4 members (excludes halogenated alkanes) is 1. The number of halogens is 1. The number of aryl methyl sites for hydroxylation is 2. The van der Waals surface area contributed by atoms with Crippen molar-refractivity contribution in [1.29, 1.82) is 0 Å². The molecule has 0 aliphatic heterocycles. The van der Waals surface area contributed by atoms with Gasteiger partial charge >= 0.3 is 0 Å². The number of hydrogen-bond donors (Lipinski definition) is 1. The van der Waals surface area contributed by atoms with E-state index in [0.717, 1.165) is 24.2 Å². The van der Waals surface area contributed by atoms with Crippen LogP contribution in [0.4, 0.5) is 0 Å². The van der Waals surface area contributed by atoms with Crippen LogP contribution in [0.1, 0.15) is 40.3 Å². The summed E-state index contributed by atoms with van der Waals surface area (Å²) in [7, 11) is 0. The van der Waals surface area contributed by atoms with E-state index in [2.05, 4.69) is 5.32 Å². The second-order valence-electron chi connectivity index (χ2n) is 3.87. The van der Waals surface area contributed by atoms with E-state index >= 15 is 0 Å². The summed E-state index contributed by atoms with van der Waals surface area (Å²) in [5.41, 5.74) is 1.59. The van der Waals surface area contributed by atoms with Crippen molar-refractivity contribution in [3.8, 4) is 0 Å². The largest absolute Gasteiger partial charge is 0.466 e. The predicted octanol–water partition coefficient (Wildman–Crippen LogP) is 2.95. The fourth-order valence-corrected chi connectivity index (χ4v) is 1.83. The number of furan rings is 1. The number of carbonyl (C=O) groups is 1. The Morgan fingerprint density at radius 1 is 1.25 bits per heavy atom. The molecular formula is C12H18ClNO2. The van der Waals surface area contributed by atoms with Gasteiger partial charge in [-0.1, -0.05) is 0 Å². The van der Waals surface area contributed by atoms with Crippen molar-refractivity contribution in [2.24, 2.45) is 0 Å². The van der Waals surface area contributed by atoms with Crippen molar-refractivity contribution in [3.63, 3.8) is 0 Å². The molecule has 0 saturated heterocycles. The van der Waals surface area contributed by atoms with Gasteiger partial charge in [0.1, 0.15) is 11.5 Å². The van der Waals surface area contributed by atoms with Crippen LogP contribution in [0.5, 0.6) is 0 Å². The van der Waals surface area contributed by atoms with Crippen LogP contribution in [0.25, 0.3) is 0 Å². The third kappa shape index (κ3) is 3.01. The Morgan fingerprint density at radius 3 is 2.44 bits per heavy atom. The molecule has 3 nitrogen and oxygen atoms in total. The van der Waals surface area contributed by atoms with Crippen LogP contribution < -0.4 is 5.32 Å². The van der Waals surface area contributed by atoms with Crippen molar-refractivity contribution in [3.05, 3.63) is 22.6 Å². The van der Waals surface area contributed by atoms with E-state index in [0.29, 0.717) is 23.7 Å². The first-order chi connectivity index (χ1) is 7.57. The number of amides is 1. The average Bonchev–Trinajstić information content (AvgIpc) is 2.48. The van der Waals surface area contributed by atoms with Crippen LogP contribution in [0.15, 0.2) is 4.42 Å². The molecule has 1 aromatic heterocycles. The number of carbonyl (C=O) groups excluding carboxylic acids is 1. The Bertz CT molecular complexity index is 371. The van der Waals surface area contributed by atoms with Gasteiger partial charge in [-0.05, 0) is 33.6 Å². The van der Waals surface area contributed by atoms with Crippen molar-refractivity contribution in [1.82, 2.24) is 5.32 Å². The van der Waals surface area contributed by atoms with E-state index in [1.165, 1.54) is 0 Å².